The van der Waals surface area contributed by atoms with Crippen molar-refractivity contribution < 1.29 is 0 Å². The Morgan fingerprint density at radius 3 is 2.27 bits per heavy atom. The number of hydrogen-bond acceptors (Lipinski definition) is 2. The summed E-state index contributed by atoms with van der Waals surface area (Å²) in [5.41, 5.74) is 7.53. The maximum atomic E-state index is 3.71. The minimum atomic E-state index is 0.0286. The monoisotopic (exact) mass is 336 g/mol. The highest BCUT2D eigenvalue weighted by Gasteiger charge is 2.28. The van der Waals surface area contributed by atoms with Gasteiger partial charge in [0.05, 0.1) is 0 Å². The lowest BCUT2D eigenvalue weighted by atomic mass is 9.85. The Balaban J connectivity index is 1.67. The predicted molar refractivity (Wildman–Crippen MR) is 109 cm³/mol. The first-order chi connectivity index (χ1) is 12.9. The van der Waals surface area contributed by atoms with E-state index in [9.17, 15) is 0 Å². The van der Waals surface area contributed by atoms with Crippen molar-refractivity contribution in [3.63, 3.8) is 0 Å². The Labute approximate surface area is 153 Å². The topological polar surface area (TPSA) is 24.1 Å². The van der Waals surface area contributed by atoms with Gasteiger partial charge in [-0.25, -0.2) is 0 Å². The highest BCUT2D eigenvalue weighted by molar-refractivity contribution is 5.85. The Bertz CT molecular complexity index is 988. The van der Waals surface area contributed by atoms with Crippen LogP contribution in [0.15, 0.2) is 97.1 Å². The Morgan fingerprint density at radius 1 is 0.692 bits per heavy atom. The van der Waals surface area contributed by atoms with Crippen molar-refractivity contribution >= 4 is 11.4 Å². The van der Waals surface area contributed by atoms with E-state index >= 15 is 0 Å². The van der Waals surface area contributed by atoms with Crippen molar-refractivity contribution in [3.05, 3.63) is 108 Å². The summed E-state index contributed by atoms with van der Waals surface area (Å²) in [6.45, 7) is 0. The molecule has 2 aliphatic rings. The third-order valence-electron chi connectivity index (χ3n) is 5.14. The number of benzene rings is 3. The van der Waals surface area contributed by atoms with Crippen LogP contribution in [0.4, 0.5) is 11.4 Å². The van der Waals surface area contributed by atoms with E-state index in [4.69, 9.17) is 0 Å². The highest BCUT2D eigenvalue weighted by atomic mass is 15.1. The van der Waals surface area contributed by atoms with E-state index in [0.717, 1.165) is 5.69 Å². The average Bonchev–Trinajstić information content (AvgIpc) is 3.23. The number of hydrogen-bond donors (Lipinski definition) is 2. The SMILES string of the molecule is C1=CC(c2cccc3c2C(Nc2ccccc2)Nc2ccccc2-3)C=C1. The molecule has 0 amide bonds. The normalized spacial score (nSPS) is 17.5. The zero-order valence-electron chi connectivity index (χ0n) is 14.4. The molecule has 0 spiro atoms. The fourth-order valence-corrected chi connectivity index (χ4v) is 3.95. The number of anilines is 2. The summed E-state index contributed by atoms with van der Waals surface area (Å²) in [4.78, 5) is 0. The Morgan fingerprint density at radius 2 is 1.42 bits per heavy atom. The summed E-state index contributed by atoms with van der Waals surface area (Å²) in [6.07, 6.45) is 8.81. The molecule has 126 valence electrons. The van der Waals surface area contributed by atoms with Crippen molar-refractivity contribution in [1.82, 2.24) is 0 Å². The molecular weight excluding hydrogens is 316 g/mol. The molecule has 1 heterocycles. The van der Waals surface area contributed by atoms with Gasteiger partial charge >= 0.3 is 0 Å². The van der Waals surface area contributed by atoms with E-state index in [0.29, 0.717) is 5.92 Å². The van der Waals surface area contributed by atoms with Crippen LogP contribution in [0.3, 0.4) is 0 Å². The first-order valence-corrected chi connectivity index (χ1v) is 9.05. The van der Waals surface area contributed by atoms with Crippen molar-refractivity contribution in [1.29, 1.82) is 0 Å². The van der Waals surface area contributed by atoms with Gasteiger partial charge < -0.3 is 10.6 Å². The molecule has 0 saturated carbocycles. The summed E-state index contributed by atoms with van der Waals surface area (Å²) >= 11 is 0. The lowest BCUT2D eigenvalue weighted by Crippen LogP contribution is -2.25. The molecule has 1 aliphatic heterocycles. The van der Waals surface area contributed by atoms with Gasteiger partial charge in [0, 0.05) is 28.4 Å². The summed E-state index contributed by atoms with van der Waals surface area (Å²) in [5, 5.41) is 7.39. The standard InChI is InChI=1S/C24H20N2/c1-2-11-18(12-3-1)25-24-23-19(17-9-4-5-10-17)14-8-15-21(23)20-13-6-7-16-22(20)26-24/h1-17,24-26H. The number of fused-ring (bicyclic) bond motifs is 3. The van der Waals surface area contributed by atoms with Gasteiger partial charge in [0.25, 0.3) is 0 Å². The van der Waals surface area contributed by atoms with Gasteiger partial charge in [0.15, 0.2) is 0 Å². The minimum Gasteiger partial charge on any atom is -0.362 e. The molecule has 5 rings (SSSR count). The lowest BCUT2D eigenvalue weighted by Gasteiger charge is -2.33. The molecule has 1 atom stereocenters. The zero-order chi connectivity index (χ0) is 17.3. The molecule has 0 bridgehead atoms. The molecule has 3 aromatic carbocycles. The second kappa shape index (κ2) is 6.23. The number of para-hydroxylation sites is 2. The van der Waals surface area contributed by atoms with Crippen molar-refractivity contribution in [2.24, 2.45) is 0 Å². The molecule has 0 radical (unpaired) electrons. The number of allylic oxidation sites excluding steroid dienone is 4. The van der Waals surface area contributed by atoms with Crippen LogP contribution in [-0.2, 0) is 0 Å². The van der Waals surface area contributed by atoms with Crippen molar-refractivity contribution in [2.75, 3.05) is 10.6 Å². The van der Waals surface area contributed by atoms with Crippen LogP contribution in [0.2, 0.25) is 0 Å². The largest absolute Gasteiger partial charge is 0.362 e. The highest BCUT2D eigenvalue weighted by Crippen LogP contribution is 2.44. The molecule has 1 unspecified atom stereocenters. The molecule has 26 heavy (non-hydrogen) atoms. The van der Waals surface area contributed by atoms with Crippen LogP contribution < -0.4 is 10.6 Å². The molecular formula is C24H20N2. The van der Waals surface area contributed by atoms with Crippen LogP contribution in [-0.4, -0.2) is 0 Å². The van der Waals surface area contributed by atoms with Gasteiger partial charge in [-0.1, -0.05) is 78.9 Å². The molecule has 0 saturated heterocycles. The predicted octanol–water partition coefficient (Wildman–Crippen LogP) is 6.10. The number of rotatable bonds is 3. The summed E-state index contributed by atoms with van der Waals surface area (Å²) in [7, 11) is 0. The fourth-order valence-electron chi connectivity index (χ4n) is 3.95. The van der Waals surface area contributed by atoms with Crippen LogP contribution in [0.5, 0.6) is 0 Å². The smallest absolute Gasteiger partial charge is 0.124 e. The van der Waals surface area contributed by atoms with E-state index in [-0.39, 0.29) is 6.17 Å². The minimum absolute atomic E-state index is 0.0286. The van der Waals surface area contributed by atoms with Gasteiger partial charge in [-0.05, 0) is 29.3 Å². The van der Waals surface area contributed by atoms with E-state index in [1.54, 1.807) is 0 Å². The Kier molecular flexibility index (Phi) is 3.60. The maximum Gasteiger partial charge on any atom is 0.124 e. The van der Waals surface area contributed by atoms with Crippen LogP contribution in [0.1, 0.15) is 23.2 Å². The fraction of sp³-hybridized carbons (Fsp3) is 0.0833. The van der Waals surface area contributed by atoms with Crippen molar-refractivity contribution in [3.8, 4) is 11.1 Å². The molecule has 0 fully saturated rings. The van der Waals surface area contributed by atoms with Gasteiger partial charge in [-0.3, -0.25) is 0 Å². The molecule has 0 aromatic heterocycles. The van der Waals surface area contributed by atoms with Gasteiger partial charge in [-0.2, -0.15) is 0 Å². The van der Waals surface area contributed by atoms with E-state index in [1.165, 1.54) is 27.9 Å². The Hall–Kier alpha value is -3.26. The molecule has 3 aromatic rings. The molecule has 2 nitrogen and oxygen atoms in total. The summed E-state index contributed by atoms with van der Waals surface area (Å²) in [5.74, 6) is 0.331. The maximum absolute atomic E-state index is 3.71. The second-order valence-corrected chi connectivity index (χ2v) is 6.74. The van der Waals surface area contributed by atoms with Crippen LogP contribution >= 0.6 is 0 Å². The summed E-state index contributed by atoms with van der Waals surface area (Å²) < 4.78 is 0. The van der Waals surface area contributed by atoms with Gasteiger partial charge in [-0.15, -0.1) is 0 Å². The molecule has 2 heteroatoms. The quantitative estimate of drug-likeness (QED) is 0.604. The van der Waals surface area contributed by atoms with Gasteiger partial charge in [0.2, 0.25) is 0 Å². The first-order valence-electron chi connectivity index (χ1n) is 9.05. The molecule has 2 N–H and O–H groups in total. The molecule has 1 aliphatic carbocycles. The number of nitrogens with one attached hydrogen (secondary N) is 2. The average molecular weight is 336 g/mol. The zero-order valence-corrected chi connectivity index (χ0v) is 14.4. The first kappa shape index (κ1) is 15.0. The van der Waals surface area contributed by atoms with E-state index in [2.05, 4.69) is 102 Å². The summed E-state index contributed by atoms with van der Waals surface area (Å²) in [6, 6.07) is 25.6. The van der Waals surface area contributed by atoms with Crippen molar-refractivity contribution in [2.45, 2.75) is 12.1 Å². The van der Waals surface area contributed by atoms with Crippen LogP contribution in [0.25, 0.3) is 11.1 Å². The van der Waals surface area contributed by atoms with E-state index in [1.807, 2.05) is 6.07 Å². The van der Waals surface area contributed by atoms with Crippen LogP contribution in [0, 0.1) is 0 Å². The third-order valence-corrected chi connectivity index (χ3v) is 5.14. The van der Waals surface area contributed by atoms with E-state index < -0.39 is 0 Å². The second-order valence-electron chi connectivity index (χ2n) is 6.74. The van der Waals surface area contributed by atoms with Gasteiger partial charge in [0.1, 0.15) is 6.17 Å². The lowest BCUT2D eigenvalue weighted by molar-refractivity contribution is 0.864. The third kappa shape index (κ3) is 2.51.